The van der Waals surface area contributed by atoms with E-state index >= 15 is 0 Å². The summed E-state index contributed by atoms with van der Waals surface area (Å²) in [5.74, 6) is 0.721. The molecule has 0 spiro atoms. The Kier molecular flexibility index (Phi) is 4.21. The van der Waals surface area contributed by atoms with Gasteiger partial charge in [-0.15, -0.1) is 0 Å². The number of carbonyl (C=O) groups is 1. The van der Waals surface area contributed by atoms with Gasteiger partial charge in [0.05, 0.1) is 6.10 Å². The van der Waals surface area contributed by atoms with Crippen molar-refractivity contribution in [3.63, 3.8) is 0 Å². The molecule has 0 radical (unpaired) electrons. The summed E-state index contributed by atoms with van der Waals surface area (Å²) in [7, 11) is 0. The largest absolute Gasteiger partial charge is 0.393 e. The van der Waals surface area contributed by atoms with Gasteiger partial charge in [0.1, 0.15) is 0 Å². The molecule has 1 aliphatic carbocycles. The van der Waals surface area contributed by atoms with Crippen LogP contribution in [0.4, 0.5) is 0 Å². The highest BCUT2D eigenvalue weighted by molar-refractivity contribution is 5.80. The molecule has 110 valence electrons. The summed E-state index contributed by atoms with van der Waals surface area (Å²) < 4.78 is 0. The number of hydrogen-bond donors (Lipinski definition) is 2. The smallest absolute Gasteiger partial charge is 0.226 e. The molecule has 4 nitrogen and oxygen atoms in total. The van der Waals surface area contributed by atoms with Crippen LogP contribution in [0.3, 0.4) is 0 Å². The predicted octanol–water partition coefficient (Wildman–Crippen LogP) is 1.37. The summed E-state index contributed by atoms with van der Waals surface area (Å²) >= 11 is 0. The van der Waals surface area contributed by atoms with Gasteiger partial charge in [-0.3, -0.25) is 4.79 Å². The average Bonchev–Trinajstić information content (AvgIpc) is 2.36. The van der Waals surface area contributed by atoms with Gasteiger partial charge in [0.25, 0.3) is 0 Å². The van der Waals surface area contributed by atoms with Gasteiger partial charge in [0.15, 0.2) is 0 Å². The van der Waals surface area contributed by atoms with Crippen molar-refractivity contribution in [3.05, 3.63) is 0 Å². The van der Waals surface area contributed by atoms with E-state index in [-0.39, 0.29) is 29.4 Å². The van der Waals surface area contributed by atoms with E-state index in [2.05, 4.69) is 20.8 Å². The summed E-state index contributed by atoms with van der Waals surface area (Å²) in [6.07, 6.45) is 3.05. The molecule has 1 saturated heterocycles. The molecule has 19 heavy (non-hydrogen) atoms. The summed E-state index contributed by atoms with van der Waals surface area (Å²) in [6, 6.07) is 0.210. The van der Waals surface area contributed by atoms with Crippen LogP contribution in [-0.4, -0.2) is 41.1 Å². The van der Waals surface area contributed by atoms with E-state index in [0.29, 0.717) is 31.8 Å². The molecule has 3 atom stereocenters. The molecule has 2 aliphatic rings. The van der Waals surface area contributed by atoms with E-state index in [1.807, 2.05) is 4.90 Å². The Balaban J connectivity index is 2.06. The van der Waals surface area contributed by atoms with Crippen LogP contribution in [0.25, 0.3) is 0 Å². The van der Waals surface area contributed by atoms with Crippen LogP contribution in [0.2, 0.25) is 0 Å². The predicted molar refractivity (Wildman–Crippen MR) is 75.5 cm³/mol. The standard InChI is InChI=1S/C15H28N2O2/c1-10-13(16)5-4-12(15(10,2)3)14(19)17-8-6-11(18)7-9-17/h10-13,18H,4-9,16H2,1-3H3. The first-order valence-corrected chi connectivity index (χ1v) is 7.56. The monoisotopic (exact) mass is 268 g/mol. The minimum atomic E-state index is -0.226. The first-order valence-electron chi connectivity index (χ1n) is 7.56. The fourth-order valence-electron chi connectivity index (χ4n) is 3.60. The minimum Gasteiger partial charge on any atom is -0.393 e. The van der Waals surface area contributed by atoms with Gasteiger partial charge < -0.3 is 15.7 Å². The Bertz CT molecular complexity index is 335. The zero-order valence-corrected chi connectivity index (χ0v) is 12.4. The quantitative estimate of drug-likeness (QED) is 0.755. The summed E-state index contributed by atoms with van der Waals surface area (Å²) in [4.78, 5) is 14.7. The maximum Gasteiger partial charge on any atom is 0.226 e. The highest BCUT2D eigenvalue weighted by Gasteiger charge is 2.46. The van der Waals surface area contributed by atoms with Crippen molar-refractivity contribution in [2.45, 2.75) is 58.6 Å². The Labute approximate surface area is 116 Å². The number of likely N-dealkylation sites (tertiary alicyclic amines) is 1. The molecule has 3 unspecified atom stereocenters. The second-order valence-corrected chi connectivity index (χ2v) is 6.96. The van der Waals surface area contributed by atoms with E-state index in [1.165, 1.54) is 0 Å². The van der Waals surface area contributed by atoms with Crippen molar-refractivity contribution in [1.29, 1.82) is 0 Å². The SMILES string of the molecule is CC1C(N)CCC(C(=O)N2CCC(O)CC2)C1(C)C. The average molecular weight is 268 g/mol. The lowest BCUT2D eigenvalue weighted by Crippen LogP contribution is -2.53. The van der Waals surface area contributed by atoms with Crippen LogP contribution in [-0.2, 0) is 4.79 Å². The van der Waals surface area contributed by atoms with Crippen LogP contribution in [0, 0.1) is 17.3 Å². The third-order valence-corrected chi connectivity index (χ3v) is 5.58. The fourth-order valence-corrected chi connectivity index (χ4v) is 3.60. The Morgan fingerprint density at radius 1 is 1.21 bits per heavy atom. The lowest BCUT2D eigenvalue weighted by Gasteiger charge is -2.47. The van der Waals surface area contributed by atoms with Gasteiger partial charge in [-0.05, 0) is 37.0 Å². The molecular weight excluding hydrogens is 240 g/mol. The van der Waals surface area contributed by atoms with Crippen LogP contribution in [0.5, 0.6) is 0 Å². The number of aliphatic hydroxyl groups is 1. The maximum atomic E-state index is 12.7. The molecule has 2 fully saturated rings. The molecule has 2 rings (SSSR count). The molecule has 0 aromatic rings. The number of nitrogens with zero attached hydrogens (tertiary/aromatic N) is 1. The van der Waals surface area contributed by atoms with Gasteiger partial charge >= 0.3 is 0 Å². The van der Waals surface area contributed by atoms with Gasteiger partial charge in [0, 0.05) is 25.0 Å². The Morgan fingerprint density at radius 3 is 2.37 bits per heavy atom. The summed E-state index contributed by atoms with van der Waals surface area (Å²) in [6.45, 7) is 7.93. The number of amides is 1. The molecule has 3 N–H and O–H groups in total. The minimum absolute atomic E-state index is 0.0369. The van der Waals surface area contributed by atoms with Gasteiger partial charge in [-0.25, -0.2) is 0 Å². The van der Waals surface area contributed by atoms with Crippen LogP contribution in [0.15, 0.2) is 0 Å². The van der Waals surface area contributed by atoms with E-state index < -0.39 is 0 Å². The molecule has 1 amide bonds. The van der Waals surface area contributed by atoms with Crippen LogP contribution < -0.4 is 5.73 Å². The van der Waals surface area contributed by atoms with Gasteiger partial charge in [0.2, 0.25) is 5.91 Å². The summed E-state index contributed by atoms with van der Waals surface area (Å²) in [5.41, 5.74) is 6.12. The third kappa shape index (κ3) is 2.79. The molecule has 0 aromatic heterocycles. The molecule has 1 saturated carbocycles. The summed E-state index contributed by atoms with van der Waals surface area (Å²) in [5, 5.41) is 9.54. The van der Waals surface area contributed by atoms with Crippen molar-refractivity contribution in [2.24, 2.45) is 23.0 Å². The molecule has 0 aromatic carbocycles. The van der Waals surface area contributed by atoms with Gasteiger partial charge in [-0.2, -0.15) is 0 Å². The van der Waals surface area contributed by atoms with E-state index in [0.717, 1.165) is 12.8 Å². The molecule has 4 heteroatoms. The zero-order valence-electron chi connectivity index (χ0n) is 12.4. The second kappa shape index (κ2) is 5.41. The highest BCUT2D eigenvalue weighted by Crippen LogP contribution is 2.45. The molecule has 0 bridgehead atoms. The topological polar surface area (TPSA) is 66.6 Å². The van der Waals surface area contributed by atoms with Crippen molar-refractivity contribution in [1.82, 2.24) is 4.90 Å². The molecule has 1 heterocycles. The van der Waals surface area contributed by atoms with Crippen molar-refractivity contribution in [2.75, 3.05) is 13.1 Å². The number of aliphatic hydroxyl groups excluding tert-OH is 1. The van der Waals surface area contributed by atoms with Crippen LogP contribution in [0.1, 0.15) is 46.5 Å². The number of hydrogen-bond acceptors (Lipinski definition) is 3. The number of nitrogens with two attached hydrogens (primary N) is 1. The lowest BCUT2D eigenvalue weighted by atomic mass is 9.60. The van der Waals surface area contributed by atoms with Crippen molar-refractivity contribution < 1.29 is 9.90 Å². The fraction of sp³-hybridized carbons (Fsp3) is 0.933. The number of rotatable bonds is 1. The highest BCUT2D eigenvalue weighted by atomic mass is 16.3. The van der Waals surface area contributed by atoms with E-state index in [9.17, 15) is 9.90 Å². The van der Waals surface area contributed by atoms with E-state index in [1.54, 1.807) is 0 Å². The molecule has 1 aliphatic heterocycles. The van der Waals surface area contributed by atoms with Gasteiger partial charge in [-0.1, -0.05) is 20.8 Å². The Morgan fingerprint density at radius 2 is 1.79 bits per heavy atom. The lowest BCUT2D eigenvalue weighted by molar-refractivity contribution is -0.145. The normalized spacial score (nSPS) is 36.3. The maximum absolute atomic E-state index is 12.7. The third-order valence-electron chi connectivity index (χ3n) is 5.58. The molecular formula is C15H28N2O2. The Hall–Kier alpha value is -0.610. The first-order chi connectivity index (χ1) is 8.84. The second-order valence-electron chi connectivity index (χ2n) is 6.96. The number of carbonyl (C=O) groups excluding carboxylic acids is 1. The first kappa shape index (κ1) is 14.8. The zero-order chi connectivity index (χ0) is 14.2. The van der Waals surface area contributed by atoms with Crippen LogP contribution >= 0.6 is 0 Å². The van der Waals surface area contributed by atoms with Crippen molar-refractivity contribution >= 4 is 5.91 Å². The van der Waals surface area contributed by atoms with Crippen molar-refractivity contribution in [3.8, 4) is 0 Å². The number of piperidine rings is 1. The van der Waals surface area contributed by atoms with E-state index in [4.69, 9.17) is 5.73 Å².